The maximum Gasteiger partial charge on any atom is 0.339 e. The predicted octanol–water partition coefficient (Wildman–Crippen LogP) is 4.57. The van der Waals surface area contributed by atoms with Crippen LogP contribution in [0, 0.1) is 5.92 Å². The minimum atomic E-state index is -0.387. The molecule has 1 saturated carbocycles. The zero-order valence-corrected chi connectivity index (χ0v) is 24.9. The van der Waals surface area contributed by atoms with E-state index in [1.54, 1.807) is 53.4 Å². The van der Waals surface area contributed by atoms with Gasteiger partial charge in [0, 0.05) is 19.2 Å². The Labute approximate surface area is 259 Å². The first-order valence-corrected chi connectivity index (χ1v) is 15.0. The second-order valence-corrected chi connectivity index (χ2v) is 11.4. The lowest BCUT2D eigenvalue weighted by Crippen LogP contribution is -2.37. The van der Waals surface area contributed by atoms with Crippen molar-refractivity contribution >= 4 is 28.6 Å². The normalized spacial score (nSPS) is 14.6. The topological polar surface area (TPSA) is 121 Å². The van der Waals surface area contributed by atoms with Crippen LogP contribution in [-0.2, 0) is 4.79 Å². The molecule has 0 saturated heterocycles. The number of nitrogen functional groups attached to an aromatic ring is 1. The molecule has 2 aromatic heterocycles. The molecule has 2 N–H and O–H groups in total. The Bertz CT molecular complexity index is 1950. The highest BCUT2D eigenvalue weighted by atomic mass is 16.5. The maximum absolute atomic E-state index is 14.1. The second kappa shape index (κ2) is 11.9. The van der Waals surface area contributed by atoms with Gasteiger partial charge in [0.25, 0.3) is 5.91 Å². The Morgan fingerprint density at radius 1 is 1.02 bits per heavy atom. The van der Waals surface area contributed by atoms with Crippen LogP contribution in [0.2, 0.25) is 0 Å². The summed E-state index contributed by atoms with van der Waals surface area (Å²) < 4.78 is 14.8. The molecule has 1 amide bonds. The van der Waals surface area contributed by atoms with Crippen molar-refractivity contribution in [1.82, 2.24) is 24.0 Å². The minimum Gasteiger partial charge on any atom is -0.490 e. The number of rotatable bonds is 9. The zero-order valence-electron chi connectivity index (χ0n) is 24.9. The lowest BCUT2D eigenvalue weighted by atomic mass is 10.2. The third-order valence-electron chi connectivity index (χ3n) is 8.00. The Morgan fingerprint density at radius 3 is 2.56 bits per heavy atom. The van der Waals surface area contributed by atoms with Crippen molar-refractivity contribution in [2.75, 3.05) is 43.9 Å². The summed E-state index contributed by atoms with van der Waals surface area (Å²) in [4.78, 5) is 40.0. The Hall–Kier alpha value is -5.42. The first-order valence-electron chi connectivity index (χ1n) is 15.0. The number of likely N-dealkylation sites (N-methyl/N-ethyl adjacent to an activating group) is 1. The van der Waals surface area contributed by atoms with Gasteiger partial charge in [0.1, 0.15) is 35.7 Å². The molecule has 0 atom stereocenters. The number of hydrogen-bond donors (Lipinski definition) is 1. The Morgan fingerprint density at radius 2 is 1.78 bits per heavy atom. The van der Waals surface area contributed by atoms with Gasteiger partial charge < -0.3 is 25.0 Å². The van der Waals surface area contributed by atoms with E-state index in [4.69, 9.17) is 15.2 Å². The monoisotopic (exact) mass is 603 g/mol. The standard InChI is InChI=1S/C34H33N7O4/c1-38(21-23-9-10-23)17-5-8-30(42)39-18-19-44-29-16-13-25(20-28(29)39)41-33-31(32(35)36-22-37-33)40(34(41)43)24-11-14-27(15-12-24)45-26-6-3-2-4-7-26/h2-8,11-16,20,22-23H,9-10,17-19,21H2,1H3,(H2,35,36,37)/b8-5+. The lowest BCUT2D eigenvalue weighted by molar-refractivity contribution is -0.114. The molecule has 0 radical (unpaired) electrons. The largest absolute Gasteiger partial charge is 0.490 e. The molecule has 5 aromatic rings. The van der Waals surface area contributed by atoms with Crippen LogP contribution in [0.4, 0.5) is 11.5 Å². The van der Waals surface area contributed by atoms with Crippen LogP contribution >= 0.6 is 0 Å². The Kier molecular flexibility index (Phi) is 7.52. The van der Waals surface area contributed by atoms with Crippen molar-refractivity contribution < 1.29 is 14.3 Å². The number of hydrogen-bond acceptors (Lipinski definition) is 8. The summed E-state index contributed by atoms with van der Waals surface area (Å²) in [6.07, 6.45) is 7.42. The molecular formula is C34H33N7O4. The summed E-state index contributed by atoms with van der Waals surface area (Å²) in [7, 11) is 2.07. The fourth-order valence-electron chi connectivity index (χ4n) is 5.62. The minimum absolute atomic E-state index is 0.143. The van der Waals surface area contributed by atoms with Crippen LogP contribution in [0.15, 0.2) is 96.1 Å². The summed E-state index contributed by atoms with van der Waals surface area (Å²) in [6, 6.07) is 21.9. The molecule has 0 unspecified atom stereocenters. The average molecular weight is 604 g/mol. The molecule has 1 aliphatic carbocycles. The molecule has 3 aromatic carbocycles. The van der Waals surface area contributed by atoms with Crippen LogP contribution in [0.3, 0.4) is 0 Å². The zero-order chi connectivity index (χ0) is 30.9. The molecule has 11 heteroatoms. The van der Waals surface area contributed by atoms with Gasteiger partial charge in [-0.1, -0.05) is 24.3 Å². The summed E-state index contributed by atoms with van der Waals surface area (Å²) in [5, 5.41) is 0. The predicted molar refractivity (Wildman–Crippen MR) is 173 cm³/mol. The first-order chi connectivity index (χ1) is 22.0. The van der Waals surface area contributed by atoms with Gasteiger partial charge in [-0.25, -0.2) is 19.3 Å². The highest BCUT2D eigenvalue weighted by Gasteiger charge is 2.26. The van der Waals surface area contributed by atoms with E-state index in [-0.39, 0.29) is 17.4 Å². The quantitative estimate of drug-likeness (QED) is 0.243. The van der Waals surface area contributed by atoms with Gasteiger partial charge in [-0.05, 0) is 80.4 Å². The van der Waals surface area contributed by atoms with E-state index in [0.29, 0.717) is 65.2 Å². The third kappa shape index (κ3) is 5.77. The molecule has 7 rings (SSSR count). The SMILES string of the molecule is CN(C/C=C/C(=O)N1CCOc2ccc(-n3c(=O)n(-c4ccc(Oc5ccccc5)cc4)c4c(N)ncnc43)cc21)CC1CC1. The smallest absolute Gasteiger partial charge is 0.339 e. The average Bonchev–Trinajstić information content (AvgIpc) is 3.81. The number of aromatic nitrogens is 4. The highest BCUT2D eigenvalue weighted by molar-refractivity contribution is 6.03. The summed E-state index contributed by atoms with van der Waals surface area (Å²) in [5.41, 5.74) is 8.32. The van der Waals surface area contributed by atoms with Gasteiger partial charge in [-0.3, -0.25) is 9.36 Å². The fraction of sp³-hybridized carbons (Fsp3) is 0.235. The number of imidazole rings is 1. The maximum atomic E-state index is 14.1. The number of nitrogens with two attached hydrogens (primary N) is 1. The van der Waals surface area contributed by atoms with Crippen LogP contribution in [0.25, 0.3) is 22.5 Å². The van der Waals surface area contributed by atoms with Crippen molar-refractivity contribution in [1.29, 1.82) is 0 Å². The summed E-state index contributed by atoms with van der Waals surface area (Å²) in [6.45, 7) is 2.51. The fourth-order valence-corrected chi connectivity index (χ4v) is 5.62. The number of nitrogens with zero attached hydrogens (tertiary/aromatic N) is 6. The molecule has 3 heterocycles. The van der Waals surface area contributed by atoms with Crippen molar-refractivity contribution in [3.63, 3.8) is 0 Å². The van der Waals surface area contributed by atoms with E-state index in [1.165, 1.54) is 28.3 Å². The van der Waals surface area contributed by atoms with Crippen LogP contribution < -0.4 is 25.8 Å². The number of ether oxygens (including phenoxy) is 2. The molecule has 0 bridgehead atoms. The van der Waals surface area contributed by atoms with Gasteiger partial charge >= 0.3 is 5.69 Å². The highest BCUT2D eigenvalue weighted by Crippen LogP contribution is 2.35. The lowest BCUT2D eigenvalue weighted by Gasteiger charge is -2.29. The number of amides is 1. The van der Waals surface area contributed by atoms with Crippen molar-refractivity contribution in [2.45, 2.75) is 12.8 Å². The molecule has 2 aliphatic rings. The molecule has 11 nitrogen and oxygen atoms in total. The molecule has 0 spiro atoms. The van der Waals surface area contributed by atoms with Gasteiger partial charge in [0.05, 0.1) is 23.6 Å². The number of para-hydroxylation sites is 1. The van der Waals surface area contributed by atoms with Crippen LogP contribution in [0.5, 0.6) is 17.2 Å². The molecule has 45 heavy (non-hydrogen) atoms. The number of benzene rings is 3. The number of carbonyl (C=O) groups excluding carboxylic acids is 1. The van der Waals surface area contributed by atoms with Gasteiger partial charge in [0.15, 0.2) is 11.5 Å². The van der Waals surface area contributed by atoms with E-state index in [9.17, 15) is 9.59 Å². The van der Waals surface area contributed by atoms with Crippen LogP contribution in [-0.4, -0.2) is 63.2 Å². The first kappa shape index (κ1) is 28.4. The number of anilines is 2. The van der Waals surface area contributed by atoms with E-state index in [0.717, 1.165) is 12.5 Å². The Balaban J connectivity index is 1.22. The van der Waals surface area contributed by atoms with Crippen molar-refractivity contribution in [2.24, 2.45) is 5.92 Å². The number of fused-ring (bicyclic) bond motifs is 2. The van der Waals surface area contributed by atoms with E-state index < -0.39 is 0 Å². The van der Waals surface area contributed by atoms with Crippen molar-refractivity contribution in [3.05, 3.63) is 102 Å². The molecule has 228 valence electrons. The van der Waals surface area contributed by atoms with E-state index >= 15 is 0 Å². The second-order valence-electron chi connectivity index (χ2n) is 11.4. The van der Waals surface area contributed by atoms with Gasteiger partial charge in [-0.2, -0.15) is 0 Å². The molecular weight excluding hydrogens is 570 g/mol. The van der Waals surface area contributed by atoms with Crippen molar-refractivity contribution in [3.8, 4) is 28.6 Å². The van der Waals surface area contributed by atoms with Gasteiger partial charge in [0.2, 0.25) is 0 Å². The van der Waals surface area contributed by atoms with E-state index in [1.807, 2.05) is 36.4 Å². The molecule has 1 aliphatic heterocycles. The number of carbonyl (C=O) groups is 1. The van der Waals surface area contributed by atoms with Crippen LogP contribution in [0.1, 0.15) is 12.8 Å². The summed E-state index contributed by atoms with van der Waals surface area (Å²) >= 11 is 0. The van der Waals surface area contributed by atoms with E-state index in [2.05, 4.69) is 21.9 Å². The molecule has 1 fully saturated rings. The summed E-state index contributed by atoms with van der Waals surface area (Å²) in [5.74, 6) is 2.70. The third-order valence-corrected chi connectivity index (χ3v) is 8.00. The van der Waals surface area contributed by atoms with Gasteiger partial charge in [-0.15, -0.1) is 0 Å².